The Morgan fingerprint density at radius 3 is 3.00 bits per heavy atom. The monoisotopic (exact) mass is 294 g/mol. The molecule has 1 aromatic rings. The molecule has 2 rings (SSSR count). The molecule has 4 heteroatoms. The van der Waals surface area contributed by atoms with Gasteiger partial charge in [0.25, 0.3) is 0 Å². The van der Waals surface area contributed by atoms with Crippen molar-refractivity contribution in [2.24, 2.45) is 17.6 Å². The van der Waals surface area contributed by atoms with Crippen LogP contribution in [0.2, 0.25) is 5.02 Å². The summed E-state index contributed by atoms with van der Waals surface area (Å²) >= 11 is 5.97. The Kier molecular flexibility index (Phi) is 5.44. The molecule has 20 heavy (non-hydrogen) atoms. The summed E-state index contributed by atoms with van der Waals surface area (Å²) in [4.78, 5) is 12.3. The molecule has 0 spiro atoms. The van der Waals surface area contributed by atoms with E-state index in [1.165, 1.54) is 0 Å². The third kappa shape index (κ3) is 3.97. The number of nitrogens with one attached hydrogen (secondary N) is 1. The van der Waals surface area contributed by atoms with E-state index >= 15 is 0 Å². The summed E-state index contributed by atoms with van der Waals surface area (Å²) < 4.78 is 0. The molecule has 3 nitrogen and oxygen atoms in total. The molecular weight excluding hydrogens is 272 g/mol. The molecule has 1 aliphatic rings. The fourth-order valence-corrected chi connectivity index (χ4v) is 3.30. The first-order valence-corrected chi connectivity index (χ1v) is 7.73. The first-order chi connectivity index (χ1) is 9.60. The zero-order valence-corrected chi connectivity index (χ0v) is 12.7. The van der Waals surface area contributed by atoms with Gasteiger partial charge >= 0.3 is 0 Å². The van der Waals surface area contributed by atoms with E-state index in [1.54, 1.807) is 0 Å². The van der Waals surface area contributed by atoms with Gasteiger partial charge in [-0.25, -0.2) is 0 Å². The van der Waals surface area contributed by atoms with Crippen molar-refractivity contribution in [2.75, 3.05) is 6.54 Å². The predicted octanol–water partition coefficient (Wildman–Crippen LogP) is 2.76. The van der Waals surface area contributed by atoms with Gasteiger partial charge in [-0.3, -0.25) is 4.79 Å². The summed E-state index contributed by atoms with van der Waals surface area (Å²) in [5.74, 6) is 0.614. The second kappa shape index (κ2) is 7.09. The van der Waals surface area contributed by atoms with Crippen LogP contribution in [0.4, 0.5) is 0 Å². The quantitative estimate of drug-likeness (QED) is 0.877. The molecule has 3 unspecified atom stereocenters. The Hall–Kier alpha value is -1.06. The highest BCUT2D eigenvalue weighted by Crippen LogP contribution is 2.31. The fourth-order valence-electron chi connectivity index (χ4n) is 3.08. The lowest BCUT2D eigenvalue weighted by atomic mass is 9.95. The van der Waals surface area contributed by atoms with Gasteiger partial charge in [0.1, 0.15) is 0 Å². The van der Waals surface area contributed by atoms with Crippen LogP contribution in [0.1, 0.15) is 31.7 Å². The lowest BCUT2D eigenvalue weighted by Gasteiger charge is -2.21. The van der Waals surface area contributed by atoms with E-state index in [1.807, 2.05) is 31.2 Å². The molecule has 0 saturated heterocycles. The summed E-state index contributed by atoms with van der Waals surface area (Å²) in [6.07, 6.45) is 3.96. The van der Waals surface area contributed by atoms with Crippen LogP contribution < -0.4 is 11.1 Å². The van der Waals surface area contributed by atoms with Gasteiger partial charge in [0.05, 0.1) is 0 Å². The molecular formula is C16H23ClN2O. The molecule has 1 fully saturated rings. The minimum absolute atomic E-state index is 0.0989. The Bertz CT molecular complexity index is 464. The smallest absolute Gasteiger partial charge is 0.223 e. The number of hydrogen-bond donors (Lipinski definition) is 2. The normalized spacial score (nSPS) is 23.6. The number of carbonyl (C=O) groups is 1. The van der Waals surface area contributed by atoms with E-state index in [9.17, 15) is 4.79 Å². The molecule has 110 valence electrons. The van der Waals surface area contributed by atoms with Gasteiger partial charge in [0.2, 0.25) is 5.91 Å². The van der Waals surface area contributed by atoms with E-state index in [0.29, 0.717) is 12.5 Å². The first-order valence-electron chi connectivity index (χ1n) is 7.35. The summed E-state index contributed by atoms with van der Waals surface area (Å²) in [5, 5.41) is 3.85. The number of carbonyl (C=O) groups excluding carboxylic acids is 1. The van der Waals surface area contributed by atoms with Gasteiger partial charge < -0.3 is 11.1 Å². The zero-order chi connectivity index (χ0) is 14.5. The highest BCUT2D eigenvalue weighted by Gasteiger charge is 2.32. The Labute approximate surface area is 125 Å². The van der Waals surface area contributed by atoms with Crippen molar-refractivity contribution >= 4 is 17.5 Å². The highest BCUT2D eigenvalue weighted by atomic mass is 35.5. The minimum atomic E-state index is 0.0989. The first kappa shape index (κ1) is 15.3. The number of rotatable bonds is 5. The van der Waals surface area contributed by atoms with Gasteiger partial charge in [-0.15, -0.1) is 0 Å². The molecule has 3 atom stereocenters. The van der Waals surface area contributed by atoms with Gasteiger partial charge in [0.15, 0.2) is 0 Å². The van der Waals surface area contributed by atoms with Crippen LogP contribution in [-0.4, -0.2) is 18.5 Å². The van der Waals surface area contributed by atoms with E-state index in [2.05, 4.69) is 5.32 Å². The number of hydrogen-bond acceptors (Lipinski definition) is 2. The minimum Gasteiger partial charge on any atom is -0.353 e. The average Bonchev–Trinajstić information content (AvgIpc) is 2.86. The SMILES string of the molecule is CC(Cc1cccc(Cl)c1)NC(=O)C1CCCC1CN. The highest BCUT2D eigenvalue weighted by molar-refractivity contribution is 6.30. The van der Waals surface area contributed by atoms with Crippen molar-refractivity contribution in [3.05, 3.63) is 34.9 Å². The molecule has 1 aliphatic carbocycles. The molecule has 0 bridgehead atoms. The van der Waals surface area contributed by atoms with Crippen LogP contribution >= 0.6 is 11.6 Å². The van der Waals surface area contributed by atoms with Gasteiger partial charge in [-0.1, -0.05) is 30.2 Å². The van der Waals surface area contributed by atoms with Crippen LogP contribution in [0, 0.1) is 11.8 Å². The van der Waals surface area contributed by atoms with E-state index < -0.39 is 0 Å². The Balaban J connectivity index is 1.88. The summed E-state index contributed by atoms with van der Waals surface area (Å²) in [6.45, 7) is 2.64. The second-order valence-corrected chi connectivity index (χ2v) is 6.21. The van der Waals surface area contributed by atoms with Gasteiger partial charge in [0, 0.05) is 17.0 Å². The summed E-state index contributed by atoms with van der Waals surface area (Å²) in [7, 11) is 0. The van der Waals surface area contributed by atoms with Gasteiger partial charge in [-0.2, -0.15) is 0 Å². The largest absolute Gasteiger partial charge is 0.353 e. The maximum atomic E-state index is 12.3. The van der Waals surface area contributed by atoms with E-state index in [-0.39, 0.29) is 17.9 Å². The maximum absolute atomic E-state index is 12.3. The standard InChI is InChI=1S/C16H23ClN2O/c1-11(8-12-4-2-6-14(17)9-12)19-16(20)15-7-3-5-13(15)10-18/h2,4,6,9,11,13,15H,3,5,7-8,10,18H2,1H3,(H,19,20). The number of halogens is 1. The van der Waals surface area contributed by atoms with Gasteiger partial charge in [-0.05, 0) is 56.3 Å². The molecule has 1 amide bonds. The van der Waals surface area contributed by atoms with Crippen LogP contribution in [0.15, 0.2) is 24.3 Å². The van der Waals surface area contributed by atoms with Crippen LogP contribution in [0.5, 0.6) is 0 Å². The predicted molar refractivity (Wildman–Crippen MR) is 82.6 cm³/mol. The average molecular weight is 295 g/mol. The molecule has 0 aromatic heterocycles. The van der Waals surface area contributed by atoms with Crippen molar-refractivity contribution in [2.45, 2.75) is 38.6 Å². The molecule has 3 N–H and O–H groups in total. The van der Waals surface area contributed by atoms with E-state index in [4.69, 9.17) is 17.3 Å². The number of benzene rings is 1. The topological polar surface area (TPSA) is 55.1 Å². The fraction of sp³-hybridized carbons (Fsp3) is 0.562. The van der Waals surface area contributed by atoms with E-state index in [0.717, 1.165) is 36.3 Å². The van der Waals surface area contributed by atoms with Crippen LogP contribution in [0.25, 0.3) is 0 Å². The second-order valence-electron chi connectivity index (χ2n) is 5.78. The van der Waals surface area contributed by atoms with Crippen molar-refractivity contribution in [1.82, 2.24) is 5.32 Å². The zero-order valence-electron chi connectivity index (χ0n) is 11.9. The summed E-state index contributed by atoms with van der Waals surface area (Å²) in [5.41, 5.74) is 6.88. The van der Waals surface area contributed by atoms with Crippen molar-refractivity contribution in [3.63, 3.8) is 0 Å². The third-order valence-corrected chi connectivity index (χ3v) is 4.35. The van der Waals surface area contributed by atoms with Crippen LogP contribution in [-0.2, 0) is 11.2 Å². The molecule has 0 aliphatic heterocycles. The number of amides is 1. The summed E-state index contributed by atoms with van der Waals surface area (Å²) in [6, 6.07) is 7.89. The van der Waals surface area contributed by atoms with Crippen molar-refractivity contribution in [1.29, 1.82) is 0 Å². The Morgan fingerprint density at radius 1 is 1.50 bits per heavy atom. The Morgan fingerprint density at radius 2 is 2.30 bits per heavy atom. The van der Waals surface area contributed by atoms with Crippen LogP contribution in [0.3, 0.4) is 0 Å². The molecule has 0 heterocycles. The maximum Gasteiger partial charge on any atom is 0.223 e. The molecule has 1 saturated carbocycles. The van der Waals surface area contributed by atoms with Crippen molar-refractivity contribution in [3.8, 4) is 0 Å². The number of nitrogens with two attached hydrogens (primary N) is 1. The molecule has 0 radical (unpaired) electrons. The lowest BCUT2D eigenvalue weighted by molar-refractivity contribution is -0.126. The van der Waals surface area contributed by atoms with Crippen molar-refractivity contribution < 1.29 is 4.79 Å². The third-order valence-electron chi connectivity index (χ3n) is 4.12. The molecule has 1 aromatic carbocycles. The lowest BCUT2D eigenvalue weighted by Crippen LogP contribution is -2.40.